The molecule has 4 aromatic rings. The lowest BCUT2D eigenvalue weighted by Gasteiger charge is -2.32. The SMILES string of the molecule is C=CC(=O)N1CC[C@@H](N(C)c2nc(OCCOC)nc3c(F)c(-c4ccc(F)c5sc(N)c(C#N)c45)ncc23)[C@H]1C. The zero-order chi connectivity index (χ0) is 29.4. The van der Waals surface area contributed by atoms with Crippen LogP contribution in [-0.4, -0.2) is 71.8 Å². The molecular weight excluding hydrogens is 552 g/mol. The van der Waals surface area contributed by atoms with E-state index in [4.69, 9.17) is 15.2 Å². The monoisotopic (exact) mass is 579 g/mol. The number of thiophene rings is 1. The Morgan fingerprint density at radius 2 is 2.15 bits per heavy atom. The largest absolute Gasteiger partial charge is 0.461 e. The normalized spacial score (nSPS) is 16.7. The van der Waals surface area contributed by atoms with Crippen molar-refractivity contribution < 1.29 is 23.0 Å². The van der Waals surface area contributed by atoms with E-state index in [1.54, 1.807) is 4.90 Å². The van der Waals surface area contributed by atoms with Gasteiger partial charge in [-0.1, -0.05) is 6.58 Å². The number of hydrogen-bond acceptors (Lipinski definition) is 10. The molecule has 1 aliphatic heterocycles. The molecule has 1 saturated heterocycles. The van der Waals surface area contributed by atoms with Crippen molar-refractivity contribution in [1.82, 2.24) is 19.9 Å². The van der Waals surface area contributed by atoms with E-state index in [1.807, 2.05) is 24.9 Å². The number of fused-ring (bicyclic) bond motifs is 2. The van der Waals surface area contributed by atoms with Crippen LogP contribution in [-0.2, 0) is 9.53 Å². The summed E-state index contributed by atoms with van der Waals surface area (Å²) in [5.74, 6) is -1.16. The summed E-state index contributed by atoms with van der Waals surface area (Å²) in [5.41, 5.74) is 6.06. The Morgan fingerprint density at radius 1 is 1.37 bits per heavy atom. The fourth-order valence-corrected chi connectivity index (χ4v) is 6.23. The molecule has 0 spiro atoms. The number of hydrogen-bond donors (Lipinski definition) is 1. The summed E-state index contributed by atoms with van der Waals surface area (Å²) in [6.45, 7) is 6.45. The summed E-state index contributed by atoms with van der Waals surface area (Å²) in [6.07, 6.45) is 3.38. The number of ether oxygens (including phenoxy) is 2. The second-order valence-corrected chi connectivity index (χ2v) is 10.6. The van der Waals surface area contributed by atoms with Gasteiger partial charge in [-0.15, -0.1) is 11.3 Å². The van der Waals surface area contributed by atoms with Crippen molar-refractivity contribution in [3.8, 4) is 23.3 Å². The lowest BCUT2D eigenvalue weighted by atomic mass is 10.0. The molecule has 41 heavy (non-hydrogen) atoms. The Bertz CT molecular complexity index is 1720. The van der Waals surface area contributed by atoms with Gasteiger partial charge in [0.15, 0.2) is 5.82 Å². The second kappa shape index (κ2) is 11.2. The minimum atomic E-state index is -0.791. The lowest BCUT2D eigenvalue weighted by molar-refractivity contribution is -0.126. The first-order valence-electron chi connectivity index (χ1n) is 12.8. The topological polar surface area (TPSA) is 130 Å². The summed E-state index contributed by atoms with van der Waals surface area (Å²) in [7, 11) is 3.34. The molecule has 1 amide bonds. The third-order valence-corrected chi connectivity index (χ3v) is 8.38. The molecule has 2 atom stereocenters. The van der Waals surface area contributed by atoms with Gasteiger partial charge in [0.1, 0.15) is 40.5 Å². The highest BCUT2D eigenvalue weighted by molar-refractivity contribution is 7.23. The number of aromatic nitrogens is 3. The molecule has 0 aliphatic carbocycles. The number of nitriles is 1. The fourth-order valence-electron chi connectivity index (χ4n) is 5.28. The molecule has 1 aromatic carbocycles. The van der Waals surface area contributed by atoms with Crippen LogP contribution in [0.5, 0.6) is 6.01 Å². The number of rotatable bonds is 8. The molecule has 0 unspecified atom stereocenters. The van der Waals surface area contributed by atoms with Gasteiger partial charge in [0, 0.05) is 43.9 Å². The Morgan fingerprint density at radius 3 is 2.85 bits per heavy atom. The highest BCUT2D eigenvalue weighted by atomic mass is 32.1. The third kappa shape index (κ3) is 4.79. The van der Waals surface area contributed by atoms with Crippen molar-refractivity contribution in [2.45, 2.75) is 25.4 Å². The van der Waals surface area contributed by atoms with Crippen molar-refractivity contribution in [3.05, 3.63) is 48.2 Å². The first-order chi connectivity index (χ1) is 19.7. The molecule has 4 heterocycles. The van der Waals surface area contributed by atoms with Crippen LogP contribution in [0.2, 0.25) is 0 Å². The van der Waals surface area contributed by atoms with Gasteiger partial charge in [-0.05, 0) is 31.6 Å². The Hall–Kier alpha value is -4.41. The minimum Gasteiger partial charge on any atom is -0.461 e. The minimum absolute atomic E-state index is 0.0568. The summed E-state index contributed by atoms with van der Waals surface area (Å²) in [4.78, 5) is 29.3. The number of carbonyl (C=O) groups is 1. The lowest BCUT2D eigenvalue weighted by Crippen LogP contribution is -2.43. The third-order valence-electron chi connectivity index (χ3n) is 7.35. The first-order valence-corrected chi connectivity index (χ1v) is 13.6. The Balaban J connectivity index is 1.68. The van der Waals surface area contributed by atoms with E-state index < -0.39 is 11.6 Å². The average molecular weight is 580 g/mol. The first kappa shape index (κ1) is 28.1. The van der Waals surface area contributed by atoms with Gasteiger partial charge < -0.3 is 25.0 Å². The van der Waals surface area contributed by atoms with Crippen LogP contribution in [0.25, 0.3) is 32.2 Å². The summed E-state index contributed by atoms with van der Waals surface area (Å²) < 4.78 is 41.9. The molecule has 5 rings (SSSR count). The second-order valence-electron chi connectivity index (χ2n) is 9.55. The molecule has 212 valence electrons. The molecule has 1 aliphatic rings. The van der Waals surface area contributed by atoms with Crippen molar-refractivity contribution in [2.75, 3.05) is 44.5 Å². The molecule has 1 fully saturated rings. The van der Waals surface area contributed by atoms with Gasteiger partial charge in [-0.2, -0.15) is 15.2 Å². The van der Waals surface area contributed by atoms with Crippen LogP contribution >= 0.6 is 11.3 Å². The number of nitrogens with zero attached hydrogens (tertiary/aromatic N) is 6. The number of anilines is 2. The van der Waals surface area contributed by atoms with Gasteiger partial charge in [-0.25, -0.2) is 8.78 Å². The molecule has 3 aromatic heterocycles. The van der Waals surface area contributed by atoms with Crippen LogP contribution in [0.1, 0.15) is 18.9 Å². The summed E-state index contributed by atoms with van der Waals surface area (Å²) >= 11 is 0.918. The van der Waals surface area contributed by atoms with E-state index in [2.05, 4.69) is 21.5 Å². The standard InChI is InChI=1S/C28H27F2N7O3S/c1-5-20(38)37-9-8-19(14(37)2)36(3)27-17-13-33-23(22(30)24(17)34-28(35-27)40-11-10-39-4)15-6-7-18(29)25-21(15)16(12-31)26(32)41-25/h5-7,13-14,19H,1,8-11,32H2,2-4H3/t14-,19-/m1/s1. The average Bonchev–Trinajstić information content (AvgIpc) is 3.52. The number of nitrogens with two attached hydrogens (primary N) is 1. The smallest absolute Gasteiger partial charge is 0.319 e. The number of nitrogen functional groups attached to an aromatic ring is 1. The van der Waals surface area contributed by atoms with Gasteiger partial charge in [0.2, 0.25) is 5.91 Å². The number of carbonyl (C=O) groups excluding carboxylic acids is 1. The number of pyridine rings is 1. The van der Waals surface area contributed by atoms with Crippen molar-refractivity contribution in [2.24, 2.45) is 0 Å². The maximum atomic E-state index is 16.4. The molecule has 0 saturated carbocycles. The number of amides is 1. The highest BCUT2D eigenvalue weighted by Crippen LogP contribution is 2.42. The molecule has 0 bridgehead atoms. The molecule has 10 nitrogen and oxygen atoms in total. The zero-order valence-electron chi connectivity index (χ0n) is 22.6. The van der Waals surface area contributed by atoms with E-state index in [0.717, 1.165) is 11.3 Å². The predicted octanol–water partition coefficient (Wildman–Crippen LogP) is 4.28. The van der Waals surface area contributed by atoms with Gasteiger partial charge in [-0.3, -0.25) is 9.78 Å². The molecular formula is C28H27F2N7O3S. The highest BCUT2D eigenvalue weighted by Gasteiger charge is 2.37. The van der Waals surface area contributed by atoms with Crippen LogP contribution in [0, 0.1) is 23.0 Å². The maximum Gasteiger partial charge on any atom is 0.319 e. The van der Waals surface area contributed by atoms with Crippen molar-refractivity contribution in [1.29, 1.82) is 5.26 Å². The number of halogens is 2. The van der Waals surface area contributed by atoms with Crippen LogP contribution in [0.3, 0.4) is 0 Å². The number of methoxy groups -OCH3 is 1. The number of benzene rings is 1. The maximum absolute atomic E-state index is 16.4. The quantitative estimate of drug-likeness (QED) is 0.240. The summed E-state index contributed by atoms with van der Waals surface area (Å²) in [5, 5.41) is 10.3. The fraction of sp³-hybridized carbons (Fsp3) is 0.321. The van der Waals surface area contributed by atoms with Crippen LogP contribution in [0.15, 0.2) is 31.0 Å². The number of likely N-dealkylation sites (tertiary alicyclic amines) is 1. The Kier molecular flexibility index (Phi) is 7.70. The predicted molar refractivity (Wildman–Crippen MR) is 153 cm³/mol. The van der Waals surface area contributed by atoms with Gasteiger partial charge >= 0.3 is 6.01 Å². The van der Waals surface area contributed by atoms with E-state index in [1.165, 1.54) is 31.5 Å². The molecule has 0 radical (unpaired) electrons. The van der Waals surface area contributed by atoms with Gasteiger partial charge in [0.25, 0.3) is 0 Å². The number of likely N-dealkylation sites (N-methyl/N-ethyl adjacent to an activating group) is 1. The zero-order valence-corrected chi connectivity index (χ0v) is 23.5. The van der Waals surface area contributed by atoms with E-state index in [-0.39, 0.29) is 74.6 Å². The Labute approximate surface area is 238 Å². The van der Waals surface area contributed by atoms with E-state index >= 15 is 4.39 Å². The van der Waals surface area contributed by atoms with Crippen molar-refractivity contribution in [3.63, 3.8) is 0 Å². The van der Waals surface area contributed by atoms with Gasteiger partial charge in [0.05, 0.1) is 28.3 Å². The van der Waals surface area contributed by atoms with Crippen LogP contribution < -0.4 is 15.4 Å². The summed E-state index contributed by atoms with van der Waals surface area (Å²) in [6, 6.07) is 4.17. The van der Waals surface area contributed by atoms with Crippen molar-refractivity contribution >= 4 is 49.1 Å². The molecule has 13 heteroatoms. The van der Waals surface area contributed by atoms with E-state index in [9.17, 15) is 14.4 Å². The van der Waals surface area contributed by atoms with Crippen LogP contribution in [0.4, 0.5) is 19.6 Å². The van der Waals surface area contributed by atoms with E-state index in [0.29, 0.717) is 24.2 Å². The molecule has 2 N–H and O–H groups in total.